The number of esters is 1. The number of carbonyl (C=O) groups excluding carboxylic acids is 2. The lowest BCUT2D eigenvalue weighted by Crippen LogP contribution is -2.16. The molecular formula is C24H25N3O5. The van der Waals surface area contributed by atoms with Crippen LogP contribution in [0.1, 0.15) is 22.8 Å². The van der Waals surface area contributed by atoms with Crippen LogP contribution in [0.4, 0.5) is 17.2 Å². The van der Waals surface area contributed by atoms with Crippen molar-refractivity contribution in [1.29, 1.82) is 0 Å². The molecule has 0 bridgehead atoms. The Hall–Kier alpha value is -4.07. The third-order valence-corrected chi connectivity index (χ3v) is 4.51. The molecule has 0 aliphatic rings. The number of nitrogens with zero attached hydrogens (tertiary/aromatic N) is 1. The highest BCUT2D eigenvalue weighted by Crippen LogP contribution is 2.25. The lowest BCUT2D eigenvalue weighted by molar-refractivity contribution is -0.142. The molecule has 0 saturated carbocycles. The minimum absolute atomic E-state index is 0.183. The van der Waals surface area contributed by atoms with E-state index in [4.69, 9.17) is 9.47 Å². The molecule has 2 aromatic carbocycles. The zero-order valence-electron chi connectivity index (χ0n) is 18.2. The fourth-order valence-electron chi connectivity index (χ4n) is 2.88. The normalized spacial score (nSPS) is 10.2. The van der Waals surface area contributed by atoms with Gasteiger partial charge in [0.25, 0.3) is 5.91 Å². The molecule has 3 aromatic rings. The zero-order valence-corrected chi connectivity index (χ0v) is 18.2. The first-order valence-electron chi connectivity index (χ1n) is 10.1. The van der Waals surface area contributed by atoms with Crippen molar-refractivity contribution >= 4 is 29.1 Å². The number of pyridine rings is 1. The Balaban J connectivity index is 1.71. The first kappa shape index (κ1) is 22.6. The quantitative estimate of drug-likeness (QED) is 0.483. The van der Waals surface area contributed by atoms with Gasteiger partial charge in [0.15, 0.2) is 6.61 Å². The summed E-state index contributed by atoms with van der Waals surface area (Å²) in [6.45, 7) is 4.17. The number of benzene rings is 2. The standard InChI is InChI=1S/C24H25N3O5/c1-4-31-18-9-7-17(8-10-18)26-23-20(6-5-13-25-23)24(29)27-21-12-11-19(14-16(21)2)32-15-22(28)30-3/h5-14H,4,15H2,1-3H3,(H,25,26)(H,27,29). The van der Waals surface area contributed by atoms with Crippen molar-refractivity contribution in [2.45, 2.75) is 13.8 Å². The monoisotopic (exact) mass is 435 g/mol. The Morgan fingerprint density at radius 2 is 1.75 bits per heavy atom. The fraction of sp³-hybridized carbons (Fsp3) is 0.208. The molecule has 166 valence electrons. The number of hydrogen-bond acceptors (Lipinski definition) is 7. The van der Waals surface area contributed by atoms with Gasteiger partial charge in [0.05, 0.1) is 19.3 Å². The minimum Gasteiger partial charge on any atom is -0.494 e. The van der Waals surface area contributed by atoms with Gasteiger partial charge >= 0.3 is 5.97 Å². The molecule has 0 radical (unpaired) electrons. The Kier molecular flexibility index (Phi) is 7.64. The number of carbonyl (C=O) groups is 2. The molecule has 0 fully saturated rings. The molecule has 0 aliphatic carbocycles. The molecule has 32 heavy (non-hydrogen) atoms. The largest absolute Gasteiger partial charge is 0.494 e. The topological polar surface area (TPSA) is 98.8 Å². The summed E-state index contributed by atoms with van der Waals surface area (Å²) in [7, 11) is 1.30. The number of rotatable bonds is 9. The highest BCUT2D eigenvalue weighted by atomic mass is 16.6. The lowest BCUT2D eigenvalue weighted by Gasteiger charge is -2.14. The van der Waals surface area contributed by atoms with Gasteiger partial charge in [0.2, 0.25) is 0 Å². The second-order valence-electron chi connectivity index (χ2n) is 6.78. The van der Waals surface area contributed by atoms with E-state index in [2.05, 4.69) is 20.4 Å². The summed E-state index contributed by atoms with van der Waals surface area (Å²) in [5, 5.41) is 6.07. The Bertz CT molecular complexity index is 1080. The van der Waals surface area contributed by atoms with Gasteiger partial charge in [0.1, 0.15) is 17.3 Å². The molecule has 0 unspecified atom stereocenters. The van der Waals surface area contributed by atoms with Crippen LogP contribution in [-0.4, -0.2) is 37.2 Å². The van der Waals surface area contributed by atoms with E-state index in [1.54, 1.807) is 36.5 Å². The molecule has 0 aliphatic heterocycles. The van der Waals surface area contributed by atoms with Gasteiger partial charge in [0, 0.05) is 17.6 Å². The SMILES string of the molecule is CCOc1ccc(Nc2ncccc2C(=O)Nc2ccc(OCC(=O)OC)cc2C)cc1. The van der Waals surface area contributed by atoms with Crippen LogP contribution in [0.15, 0.2) is 60.8 Å². The van der Waals surface area contributed by atoms with Gasteiger partial charge in [-0.05, 0) is 74.0 Å². The van der Waals surface area contributed by atoms with Crippen LogP contribution in [0.3, 0.4) is 0 Å². The molecule has 0 spiro atoms. The van der Waals surface area contributed by atoms with Crippen LogP contribution in [0.5, 0.6) is 11.5 Å². The van der Waals surface area contributed by atoms with Crippen LogP contribution in [0.2, 0.25) is 0 Å². The number of hydrogen-bond donors (Lipinski definition) is 2. The number of nitrogens with one attached hydrogen (secondary N) is 2. The third-order valence-electron chi connectivity index (χ3n) is 4.51. The van der Waals surface area contributed by atoms with Gasteiger partial charge in [-0.1, -0.05) is 0 Å². The molecule has 8 nitrogen and oxygen atoms in total. The maximum absolute atomic E-state index is 13.0. The van der Waals surface area contributed by atoms with E-state index in [1.165, 1.54) is 7.11 Å². The average Bonchev–Trinajstić information content (AvgIpc) is 2.80. The summed E-state index contributed by atoms with van der Waals surface area (Å²) in [6, 6.07) is 15.9. The first-order chi connectivity index (χ1) is 15.5. The number of ether oxygens (including phenoxy) is 3. The summed E-state index contributed by atoms with van der Waals surface area (Å²) < 4.78 is 15.4. The van der Waals surface area contributed by atoms with Gasteiger partial charge in [-0.15, -0.1) is 0 Å². The Morgan fingerprint density at radius 3 is 2.44 bits per heavy atom. The molecule has 1 amide bonds. The number of anilines is 3. The van der Waals surface area contributed by atoms with Crippen molar-refractivity contribution < 1.29 is 23.8 Å². The number of aryl methyl sites for hydroxylation is 1. The Morgan fingerprint density at radius 1 is 1.00 bits per heavy atom. The number of amides is 1. The summed E-state index contributed by atoms with van der Waals surface area (Å²) in [5.74, 6) is 0.934. The van der Waals surface area contributed by atoms with E-state index in [9.17, 15) is 9.59 Å². The van der Waals surface area contributed by atoms with Crippen LogP contribution in [-0.2, 0) is 9.53 Å². The Labute approximate surface area is 186 Å². The maximum Gasteiger partial charge on any atom is 0.343 e. The predicted molar refractivity (Wildman–Crippen MR) is 122 cm³/mol. The zero-order chi connectivity index (χ0) is 22.9. The van der Waals surface area contributed by atoms with Crippen molar-refractivity contribution in [3.8, 4) is 11.5 Å². The fourth-order valence-corrected chi connectivity index (χ4v) is 2.88. The van der Waals surface area contributed by atoms with Crippen molar-refractivity contribution in [2.75, 3.05) is 31.0 Å². The molecule has 1 heterocycles. The second kappa shape index (κ2) is 10.8. The summed E-state index contributed by atoms with van der Waals surface area (Å²) in [6.07, 6.45) is 1.62. The van der Waals surface area contributed by atoms with Crippen molar-refractivity contribution in [3.05, 3.63) is 71.9 Å². The van der Waals surface area contributed by atoms with E-state index in [0.717, 1.165) is 17.0 Å². The molecule has 2 N–H and O–H groups in total. The third kappa shape index (κ3) is 5.98. The van der Waals surface area contributed by atoms with Gasteiger partial charge in [-0.2, -0.15) is 0 Å². The van der Waals surface area contributed by atoms with Crippen molar-refractivity contribution in [2.24, 2.45) is 0 Å². The van der Waals surface area contributed by atoms with Crippen molar-refractivity contribution in [1.82, 2.24) is 4.98 Å². The smallest absolute Gasteiger partial charge is 0.343 e. The molecule has 0 saturated heterocycles. The highest BCUT2D eigenvalue weighted by Gasteiger charge is 2.14. The van der Waals surface area contributed by atoms with E-state index >= 15 is 0 Å². The predicted octanol–water partition coefficient (Wildman–Crippen LogP) is 4.34. The summed E-state index contributed by atoms with van der Waals surface area (Å²) >= 11 is 0. The van der Waals surface area contributed by atoms with Crippen LogP contribution < -0.4 is 20.1 Å². The molecule has 8 heteroatoms. The molecule has 1 aromatic heterocycles. The molecule has 3 rings (SSSR count). The van der Waals surface area contributed by atoms with E-state index < -0.39 is 5.97 Å². The number of aromatic nitrogens is 1. The van der Waals surface area contributed by atoms with Gasteiger partial charge in [-0.25, -0.2) is 9.78 Å². The lowest BCUT2D eigenvalue weighted by atomic mass is 10.1. The first-order valence-corrected chi connectivity index (χ1v) is 10.1. The molecular weight excluding hydrogens is 410 g/mol. The van der Waals surface area contributed by atoms with E-state index in [-0.39, 0.29) is 12.5 Å². The van der Waals surface area contributed by atoms with Gasteiger partial charge in [-0.3, -0.25) is 4.79 Å². The van der Waals surface area contributed by atoms with E-state index in [1.807, 2.05) is 38.1 Å². The minimum atomic E-state index is -0.468. The van der Waals surface area contributed by atoms with Gasteiger partial charge < -0.3 is 24.8 Å². The average molecular weight is 435 g/mol. The van der Waals surface area contributed by atoms with Crippen LogP contribution in [0, 0.1) is 6.92 Å². The van der Waals surface area contributed by atoms with Crippen LogP contribution >= 0.6 is 0 Å². The van der Waals surface area contributed by atoms with E-state index in [0.29, 0.717) is 29.4 Å². The highest BCUT2D eigenvalue weighted by molar-refractivity contribution is 6.08. The summed E-state index contributed by atoms with van der Waals surface area (Å²) in [4.78, 5) is 28.5. The molecule has 0 atom stereocenters. The maximum atomic E-state index is 13.0. The number of methoxy groups -OCH3 is 1. The second-order valence-corrected chi connectivity index (χ2v) is 6.78. The van der Waals surface area contributed by atoms with Crippen molar-refractivity contribution in [3.63, 3.8) is 0 Å². The van der Waals surface area contributed by atoms with Crippen LogP contribution in [0.25, 0.3) is 0 Å². The summed E-state index contributed by atoms with van der Waals surface area (Å²) in [5.41, 5.74) is 2.58.